The zero-order valence-electron chi connectivity index (χ0n) is 15.3. The maximum atomic E-state index is 12.3. The van der Waals surface area contributed by atoms with E-state index in [2.05, 4.69) is 10.2 Å². The topological polar surface area (TPSA) is 120 Å². The number of benzene rings is 1. The van der Waals surface area contributed by atoms with Gasteiger partial charge in [0.25, 0.3) is 5.69 Å². The minimum absolute atomic E-state index is 0.0793. The number of nitro benzene ring substituents is 1. The number of amides is 1. The van der Waals surface area contributed by atoms with Crippen molar-refractivity contribution in [2.45, 2.75) is 25.9 Å². The SMILES string of the molecule is CC(C)(CNC(=O)Cn1c(=O)oc2cc([N+](=O)[O-])ccc21)N1CCOCC1. The van der Waals surface area contributed by atoms with Crippen molar-refractivity contribution in [1.29, 1.82) is 0 Å². The van der Waals surface area contributed by atoms with Crippen LogP contribution in [0.25, 0.3) is 11.1 Å². The fourth-order valence-corrected chi connectivity index (χ4v) is 3.11. The summed E-state index contributed by atoms with van der Waals surface area (Å²) in [6.07, 6.45) is 0. The van der Waals surface area contributed by atoms with E-state index in [0.29, 0.717) is 25.3 Å². The summed E-state index contributed by atoms with van der Waals surface area (Å²) in [6.45, 7) is 7.21. The molecule has 0 bridgehead atoms. The number of morpholine rings is 1. The van der Waals surface area contributed by atoms with Crippen LogP contribution < -0.4 is 11.1 Å². The van der Waals surface area contributed by atoms with Crippen molar-refractivity contribution in [1.82, 2.24) is 14.8 Å². The highest BCUT2D eigenvalue weighted by Gasteiger charge is 2.28. The Morgan fingerprint density at radius 1 is 1.33 bits per heavy atom. The molecule has 2 aromatic rings. The van der Waals surface area contributed by atoms with E-state index in [0.717, 1.165) is 17.7 Å². The quantitative estimate of drug-likeness (QED) is 0.581. The number of fused-ring (bicyclic) bond motifs is 1. The van der Waals surface area contributed by atoms with E-state index >= 15 is 0 Å². The van der Waals surface area contributed by atoms with Gasteiger partial charge in [0.1, 0.15) is 6.54 Å². The number of nitro groups is 1. The molecule has 0 aliphatic carbocycles. The molecular weight excluding hydrogens is 356 g/mol. The Labute approximate surface area is 154 Å². The molecule has 1 aliphatic rings. The average molecular weight is 378 g/mol. The molecule has 27 heavy (non-hydrogen) atoms. The van der Waals surface area contributed by atoms with E-state index in [1.165, 1.54) is 18.2 Å². The lowest BCUT2D eigenvalue weighted by atomic mass is 10.0. The van der Waals surface area contributed by atoms with Crippen molar-refractivity contribution in [3.8, 4) is 0 Å². The monoisotopic (exact) mass is 378 g/mol. The molecule has 1 fully saturated rings. The first-order valence-electron chi connectivity index (χ1n) is 8.65. The Bertz CT molecular complexity index is 910. The van der Waals surface area contributed by atoms with Crippen LogP contribution in [0.15, 0.2) is 27.4 Å². The van der Waals surface area contributed by atoms with Crippen LogP contribution in [0.3, 0.4) is 0 Å². The lowest BCUT2D eigenvalue weighted by Gasteiger charge is -2.40. The molecule has 3 rings (SSSR count). The molecule has 10 nitrogen and oxygen atoms in total. The first-order chi connectivity index (χ1) is 12.8. The smallest absolute Gasteiger partial charge is 0.407 e. The number of non-ortho nitro benzene ring substituents is 1. The highest BCUT2D eigenvalue weighted by molar-refractivity contribution is 5.80. The van der Waals surface area contributed by atoms with Gasteiger partial charge in [-0.3, -0.25) is 24.4 Å². The number of aromatic nitrogens is 1. The lowest BCUT2D eigenvalue weighted by Crippen LogP contribution is -2.55. The van der Waals surface area contributed by atoms with E-state index in [4.69, 9.17) is 9.15 Å². The Balaban J connectivity index is 1.68. The number of rotatable bonds is 6. The summed E-state index contributed by atoms with van der Waals surface area (Å²) < 4.78 is 11.5. The number of nitrogens with one attached hydrogen (secondary N) is 1. The number of nitrogens with zero attached hydrogens (tertiary/aromatic N) is 3. The fourth-order valence-electron chi connectivity index (χ4n) is 3.11. The Morgan fingerprint density at radius 3 is 2.70 bits per heavy atom. The van der Waals surface area contributed by atoms with Gasteiger partial charge in [0.05, 0.1) is 29.7 Å². The molecule has 1 amide bonds. The number of hydrogen-bond acceptors (Lipinski definition) is 7. The molecule has 146 valence electrons. The van der Waals surface area contributed by atoms with Gasteiger partial charge in [-0.1, -0.05) is 0 Å². The molecule has 1 aromatic carbocycles. The zero-order chi connectivity index (χ0) is 19.6. The molecule has 0 atom stereocenters. The first-order valence-corrected chi connectivity index (χ1v) is 8.65. The predicted molar refractivity (Wildman–Crippen MR) is 96.6 cm³/mol. The minimum atomic E-state index is -0.729. The molecule has 1 aromatic heterocycles. The fraction of sp³-hybridized carbons (Fsp3) is 0.529. The standard InChI is InChI=1S/C17H22N4O6/c1-17(2,19-5-7-26-8-6-19)11-18-15(22)10-20-13-4-3-12(21(24)25)9-14(13)27-16(20)23/h3-4,9H,5-8,10-11H2,1-2H3,(H,18,22). The summed E-state index contributed by atoms with van der Waals surface area (Å²) in [5.41, 5.74) is -0.00678. The molecule has 2 heterocycles. The normalized spacial score (nSPS) is 15.8. The molecule has 0 unspecified atom stereocenters. The molecule has 10 heteroatoms. The van der Waals surface area contributed by atoms with Gasteiger partial charge in [-0.25, -0.2) is 4.79 Å². The van der Waals surface area contributed by atoms with E-state index in [1.807, 2.05) is 13.8 Å². The van der Waals surface area contributed by atoms with Gasteiger partial charge in [0, 0.05) is 31.2 Å². The number of ether oxygens (including phenoxy) is 1. The molecule has 1 aliphatic heterocycles. The Kier molecular flexibility index (Phi) is 5.29. The summed E-state index contributed by atoms with van der Waals surface area (Å²) in [5.74, 6) is -1.06. The minimum Gasteiger partial charge on any atom is -0.407 e. The molecule has 0 spiro atoms. The molecular formula is C17H22N4O6. The number of carbonyl (C=O) groups is 1. The molecule has 0 saturated carbocycles. The van der Waals surface area contributed by atoms with Crippen LogP contribution in [0, 0.1) is 10.1 Å². The summed E-state index contributed by atoms with van der Waals surface area (Å²) in [5, 5.41) is 13.7. The largest absolute Gasteiger partial charge is 0.420 e. The second-order valence-electron chi connectivity index (χ2n) is 7.05. The first kappa shape index (κ1) is 19.1. The summed E-state index contributed by atoms with van der Waals surface area (Å²) >= 11 is 0. The summed E-state index contributed by atoms with van der Waals surface area (Å²) in [6, 6.07) is 3.85. The maximum Gasteiger partial charge on any atom is 0.420 e. The second-order valence-corrected chi connectivity index (χ2v) is 7.05. The van der Waals surface area contributed by atoms with Crippen molar-refractivity contribution in [2.24, 2.45) is 0 Å². The summed E-state index contributed by atoms with van der Waals surface area (Å²) in [4.78, 5) is 36.9. The predicted octanol–water partition coefficient (Wildman–Crippen LogP) is 0.730. The van der Waals surface area contributed by atoms with Crippen molar-refractivity contribution in [3.63, 3.8) is 0 Å². The Hall–Kier alpha value is -2.72. The second kappa shape index (κ2) is 7.49. The van der Waals surface area contributed by atoms with Crippen LogP contribution >= 0.6 is 0 Å². The van der Waals surface area contributed by atoms with Crippen LogP contribution in [0.5, 0.6) is 0 Å². The van der Waals surface area contributed by atoms with Crippen LogP contribution in [0.2, 0.25) is 0 Å². The maximum absolute atomic E-state index is 12.3. The van der Waals surface area contributed by atoms with Crippen LogP contribution in [0.1, 0.15) is 13.8 Å². The van der Waals surface area contributed by atoms with Crippen molar-refractivity contribution >= 4 is 22.7 Å². The molecule has 0 radical (unpaired) electrons. The van der Waals surface area contributed by atoms with Crippen LogP contribution in [-0.2, 0) is 16.1 Å². The van der Waals surface area contributed by atoms with E-state index in [9.17, 15) is 19.7 Å². The lowest BCUT2D eigenvalue weighted by molar-refractivity contribution is -0.384. The van der Waals surface area contributed by atoms with Crippen molar-refractivity contribution in [3.05, 3.63) is 38.9 Å². The van der Waals surface area contributed by atoms with E-state index < -0.39 is 10.7 Å². The third kappa shape index (κ3) is 4.17. The van der Waals surface area contributed by atoms with Gasteiger partial charge in [0.2, 0.25) is 5.91 Å². The van der Waals surface area contributed by atoms with Crippen LogP contribution in [-0.4, -0.2) is 58.7 Å². The van der Waals surface area contributed by atoms with Gasteiger partial charge in [-0.05, 0) is 19.9 Å². The Morgan fingerprint density at radius 2 is 2.04 bits per heavy atom. The van der Waals surface area contributed by atoms with Gasteiger partial charge in [-0.2, -0.15) is 0 Å². The van der Waals surface area contributed by atoms with Gasteiger partial charge < -0.3 is 14.5 Å². The number of oxazole rings is 1. The molecule has 1 saturated heterocycles. The van der Waals surface area contributed by atoms with E-state index in [1.54, 1.807) is 0 Å². The van der Waals surface area contributed by atoms with Gasteiger partial charge >= 0.3 is 5.76 Å². The van der Waals surface area contributed by atoms with Gasteiger partial charge in [-0.15, -0.1) is 0 Å². The number of carbonyl (C=O) groups excluding carboxylic acids is 1. The molecule has 1 N–H and O–H groups in total. The summed E-state index contributed by atoms with van der Waals surface area (Å²) in [7, 11) is 0. The third-order valence-electron chi connectivity index (χ3n) is 4.75. The van der Waals surface area contributed by atoms with Crippen LogP contribution in [0.4, 0.5) is 5.69 Å². The van der Waals surface area contributed by atoms with E-state index in [-0.39, 0.29) is 29.3 Å². The number of hydrogen-bond donors (Lipinski definition) is 1. The van der Waals surface area contributed by atoms with Crippen molar-refractivity contribution < 1.29 is 18.9 Å². The van der Waals surface area contributed by atoms with Gasteiger partial charge in [0.15, 0.2) is 5.58 Å². The zero-order valence-corrected chi connectivity index (χ0v) is 15.3. The average Bonchev–Trinajstić information content (AvgIpc) is 2.95. The third-order valence-corrected chi connectivity index (χ3v) is 4.75. The van der Waals surface area contributed by atoms with Crippen molar-refractivity contribution in [2.75, 3.05) is 32.8 Å². The highest BCUT2D eigenvalue weighted by atomic mass is 16.6. The highest BCUT2D eigenvalue weighted by Crippen LogP contribution is 2.20.